The molecule has 0 aliphatic heterocycles. The SMILES string of the molecule is CC/C=C\C/C=C\C/C=C\CCCCCCCC(=O)OC[C@H](COC(=O)CCCCCCC/C=C\CCCC)OC(=O)CCCCCCCCCCCCCCC. The molecule has 0 fully saturated rings. The normalized spacial score (nSPS) is 12.4. The molecule has 0 bridgehead atoms. The first-order valence-corrected chi connectivity index (χ1v) is 24.1. The molecule has 0 aromatic rings. The Balaban J connectivity index is 4.39. The third-order valence-electron chi connectivity index (χ3n) is 10.3. The largest absolute Gasteiger partial charge is 0.462 e. The van der Waals surface area contributed by atoms with E-state index >= 15 is 0 Å². The zero-order valence-electron chi connectivity index (χ0n) is 37.6. The van der Waals surface area contributed by atoms with Crippen molar-refractivity contribution in [1.29, 1.82) is 0 Å². The monoisotopic (exact) mass is 799 g/mol. The minimum Gasteiger partial charge on any atom is -0.462 e. The number of carbonyl (C=O) groups is 3. The van der Waals surface area contributed by atoms with Crippen LogP contribution in [0.5, 0.6) is 0 Å². The van der Waals surface area contributed by atoms with Crippen molar-refractivity contribution in [3.63, 3.8) is 0 Å². The van der Waals surface area contributed by atoms with Crippen molar-refractivity contribution in [2.24, 2.45) is 0 Å². The lowest BCUT2D eigenvalue weighted by Gasteiger charge is -2.18. The summed E-state index contributed by atoms with van der Waals surface area (Å²) in [6.07, 6.45) is 53.7. The van der Waals surface area contributed by atoms with Gasteiger partial charge in [0, 0.05) is 19.3 Å². The highest BCUT2D eigenvalue weighted by atomic mass is 16.6. The lowest BCUT2D eigenvalue weighted by atomic mass is 10.0. The van der Waals surface area contributed by atoms with Gasteiger partial charge in [0.2, 0.25) is 0 Å². The maximum absolute atomic E-state index is 12.7. The lowest BCUT2D eigenvalue weighted by molar-refractivity contribution is -0.167. The van der Waals surface area contributed by atoms with Crippen molar-refractivity contribution in [2.75, 3.05) is 13.2 Å². The number of rotatable bonds is 43. The van der Waals surface area contributed by atoms with Crippen molar-refractivity contribution in [3.05, 3.63) is 48.6 Å². The first kappa shape index (κ1) is 54.4. The van der Waals surface area contributed by atoms with Crippen LogP contribution in [-0.4, -0.2) is 37.2 Å². The Morgan fingerprint density at radius 1 is 0.368 bits per heavy atom. The molecule has 0 spiro atoms. The van der Waals surface area contributed by atoms with Crippen LogP contribution >= 0.6 is 0 Å². The molecule has 57 heavy (non-hydrogen) atoms. The van der Waals surface area contributed by atoms with E-state index in [4.69, 9.17) is 14.2 Å². The number of hydrogen-bond donors (Lipinski definition) is 0. The molecule has 0 aliphatic rings. The van der Waals surface area contributed by atoms with Gasteiger partial charge in [-0.25, -0.2) is 0 Å². The number of unbranched alkanes of at least 4 members (excludes halogenated alkanes) is 24. The number of esters is 3. The van der Waals surface area contributed by atoms with Gasteiger partial charge in [0.05, 0.1) is 0 Å². The second-order valence-electron chi connectivity index (χ2n) is 16.0. The van der Waals surface area contributed by atoms with Gasteiger partial charge >= 0.3 is 17.9 Å². The molecule has 0 heterocycles. The van der Waals surface area contributed by atoms with Crippen LogP contribution in [0.3, 0.4) is 0 Å². The van der Waals surface area contributed by atoms with Crippen LogP contribution in [0.1, 0.15) is 239 Å². The van der Waals surface area contributed by atoms with Gasteiger partial charge in [0.25, 0.3) is 0 Å². The van der Waals surface area contributed by atoms with Crippen LogP contribution in [0.2, 0.25) is 0 Å². The fraction of sp³-hybridized carbons (Fsp3) is 0.784. The molecule has 0 saturated carbocycles. The van der Waals surface area contributed by atoms with E-state index in [9.17, 15) is 14.4 Å². The molecule has 0 N–H and O–H groups in total. The number of carbonyl (C=O) groups excluding carboxylic acids is 3. The Hall–Kier alpha value is -2.63. The fourth-order valence-corrected chi connectivity index (χ4v) is 6.67. The van der Waals surface area contributed by atoms with Gasteiger partial charge in [-0.1, -0.05) is 198 Å². The van der Waals surface area contributed by atoms with E-state index in [2.05, 4.69) is 69.4 Å². The minimum absolute atomic E-state index is 0.0815. The molecule has 0 radical (unpaired) electrons. The number of allylic oxidation sites excluding steroid dienone is 8. The van der Waals surface area contributed by atoms with E-state index in [-0.39, 0.29) is 31.1 Å². The summed E-state index contributed by atoms with van der Waals surface area (Å²) >= 11 is 0. The second-order valence-corrected chi connectivity index (χ2v) is 16.0. The van der Waals surface area contributed by atoms with Crippen LogP contribution < -0.4 is 0 Å². The topological polar surface area (TPSA) is 78.9 Å². The van der Waals surface area contributed by atoms with Gasteiger partial charge in [0.1, 0.15) is 13.2 Å². The molecule has 0 saturated heterocycles. The molecular formula is C51H90O6. The van der Waals surface area contributed by atoms with Gasteiger partial charge in [0.15, 0.2) is 6.10 Å². The maximum Gasteiger partial charge on any atom is 0.306 e. The third kappa shape index (κ3) is 44.3. The summed E-state index contributed by atoms with van der Waals surface area (Å²) in [5.74, 6) is -0.904. The molecule has 330 valence electrons. The van der Waals surface area contributed by atoms with Crippen molar-refractivity contribution in [2.45, 2.75) is 245 Å². The molecule has 0 aromatic heterocycles. The van der Waals surface area contributed by atoms with Crippen molar-refractivity contribution >= 4 is 17.9 Å². The zero-order valence-corrected chi connectivity index (χ0v) is 37.6. The Bertz CT molecular complexity index is 1010. The summed E-state index contributed by atoms with van der Waals surface area (Å²) in [6, 6.07) is 0. The van der Waals surface area contributed by atoms with Crippen LogP contribution in [0.25, 0.3) is 0 Å². The van der Waals surface area contributed by atoms with Gasteiger partial charge in [-0.15, -0.1) is 0 Å². The highest BCUT2D eigenvalue weighted by Crippen LogP contribution is 2.15. The second kappa shape index (κ2) is 46.1. The van der Waals surface area contributed by atoms with Gasteiger partial charge in [-0.05, 0) is 70.6 Å². The summed E-state index contributed by atoms with van der Waals surface area (Å²) in [5.41, 5.74) is 0. The van der Waals surface area contributed by atoms with Gasteiger partial charge in [-0.3, -0.25) is 14.4 Å². The highest BCUT2D eigenvalue weighted by molar-refractivity contribution is 5.71. The van der Waals surface area contributed by atoms with Crippen LogP contribution in [0, 0.1) is 0 Å². The van der Waals surface area contributed by atoms with E-state index in [1.165, 1.54) is 96.3 Å². The van der Waals surface area contributed by atoms with Crippen LogP contribution in [0.15, 0.2) is 48.6 Å². The molecule has 0 unspecified atom stereocenters. The third-order valence-corrected chi connectivity index (χ3v) is 10.3. The van der Waals surface area contributed by atoms with Crippen molar-refractivity contribution in [3.8, 4) is 0 Å². The number of hydrogen-bond acceptors (Lipinski definition) is 6. The number of ether oxygens (including phenoxy) is 3. The van der Waals surface area contributed by atoms with Gasteiger partial charge in [-0.2, -0.15) is 0 Å². The highest BCUT2D eigenvalue weighted by Gasteiger charge is 2.19. The summed E-state index contributed by atoms with van der Waals surface area (Å²) in [4.78, 5) is 37.8. The van der Waals surface area contributed by atoms with E-state index in [0.717, 1.165) is 103 Å². The van der Waals surface area contributed by atoms with Gasteiger partial charge < -0.3 is 14.2 Å². The average Bonchev–Trinajstić information content (AvgIpc) is 3.21. The molecule has 0 aliphatic carbocycles. The Kier molecular flexibility index (Phi) is 43.9. The summed E-state index contributed by atoms with van der Waals surface area (Å²) < 4.78 is 16.7. The molecule has 6 nitrogen and oxygen atoms in total. The Morgan fingerprint density at radius 3 is 1.14 bits per heavy atom. The quantitative estimate of drug-likeness (QED) is 0.0265. The average molecular weight is 799 g/mol. The van der Waals surface area contributed by atoms with Crippen molar-refractivity contribution < 1.29 is 28.6 Å². The predicted octanol–water partition coefficient (Wildman–Crippen LogP) is 15.5. The molecule has 6 heteroatoms. The van der Waals surface area contributed by atoms with Crippen LogP contribution in [0.4, 0.5) is 0 Å². The predicted molar refractivity (Wildman–Crippen MR) is 242 cm³/mol. The van der Waals surface area contributed by atoms with E-state index in [1.54, 1.807) is 0 Å². The molecule has 0 aromatic carbocycles. The van der Waals surface area contributed by atoms with E-state index in [1.807, 2.05) is 0 Å². The fourth-order valence-electron chi connectivity index (χ4n) is 6.67. The summed E-state index contributed by atoms with van der Waals surface area (Å²) in [6.45, 7) is 6.47. The van der Waals surface area contributed by atoms with E-state index in [0.29, 0.717) is 19.3 Å². The minimum atomic E-state index is -0.779. The standard InChI is InChI=1S/C51H90O6/c1-4-7-10-13-16-19-22-24-25-27-29-32-35-38-41-44-50(53)56-47-48(46-55-49(52)43-40-37-34-31-28-21-18-15-12-9-6-3)57-51(54)45-42-39-36-33-30-26-23-20-17-14-11-8-5-2/h7,10,15-16,18-19,24-25,48H,4-6,8-9,11-14,17,20-23,26-47H2,1-3H3/b10-7-,18-15-,19-16-,25-24-/t48-/m0/s1. The Labute approximate surface area is 352 Å². The first-order chi connectivity index (χ1) is 28.0. The van der Waals surface area contributed by atoms with Crippen LogP contribution in [-0.2, 0) is 28.6 Å². The maximum atomic E-state index is 12.7. The molecule has 1 atom stereocenters. The summed E-state index contributed by atoms with van der Waals surface area (Å²) in [5, 5.41) is 0. The lowest BCUT2D eigenvalue weighted by Crippen LogP contribution is -2.30. The van der Waals surface area contributed by atoms with Crippen molar-refractivity contribution in [1.82, 2.24) is 0 Å². The zero-order chi connectivity index (χ0) is 41.5. The molecule has 0 amide bonds. The van der Waals surface area contributed by atoms with E-state index < -0.39 is 6.10 Å². The first-order valence-electron chi connectivity index (χ1n) is 24.1. The molecule has 0 rings (SSSR count). The summed E-state index contributed by atoms with van der Waals surface area (Å²) in [7, 11) is 0. The molecular weight excluding hydrogens is 709 g/mol. The Morgan fingerprint density at radius 2 is 0.702 bits per heavy atom. The smallest absolute Gasteiger partial charge is 0.306 e.